The van der Waals surface area contributed by atoms with Crippen LogP contribution in [0.25, 0.3) is 0 Å². The lowest BCUT2D eigenvalue weighted by molar-refractivity contribution is -0.385. The summed E-state index contributed by atoms with van der Waals surface area (Å²) in [5.41, 5.74) is 6.24. The van der Waals surface area contributed by atoms with Crippen LogP contribution >= 0.6 is 11.3 Å². The maximum Gasteiger partial charge on any atom is 0.274 e. The van der Waals surface area contributed by atoms with Gasteiger partial charge in [0.15, 0.2) is 5.82 Å². The van der Waals surface area contributed by atoms with Gasteiger partial charge in [-0.05, 0) is 0 Å². The van der Waals surface area contributed by atoms with Gasteiger partial charge in [-0.25, -0.2) is 22.5 Å². The van der Waals surface area contributed by atoms with E-state index >= 15 is 0 Å². The van der Waals surface area contributed by atoms with E-state index in [1.165, 1.54) is 16.8 Å². The molecule has 0 atom stereocenters. The summed E-state index contributed by atoms with van der Waals surface area (Å²) in [6, 6.07) is 1.30. The summed E-state index contributed by atoms with van der Waals surface area (Å²) in [4.78, 5) is 12.8. The summed E-state index contributed by atoms with van der Waals surface area (Å²) in [6.45, 7) is -0.137. The zero-order chi connectivity index (χ0) is 15.6. The van der Waals surface area contributed by atoms with E-state index in [0.29, 0.717) is 11.8 Å². The molecule has 11 heteroatoms. The smallest absolute Gasteiger partial charge is 0.274 e. The number of nitro groups is 1. The quantitative estimate of drug-likeness (QED) is 0.482. The number of nitrogens with two attached hydrogens (primary N) is 1. The van der Waals surface area contributed by atoms with E-state index in [9.17, 15) is 22.9 Å². The van der Waals surface area contributed by atoms with Crippen LogP contribution in [-0.2, 0) is 16.6 Å². The molecule has 0 radical (unpaired) electrons. The number of hydrogen-bond acceptors (Lipinski definition) is 7. The summed E-state index contributed by atoms with van der Waals surface area (Å²) >= 11 is 1.28. The van der Waals surface area contributed by atoms with E-state index in [0.717, 1.165) is 6.07 Å². The Labute approximate surface area is 122 Å². The number of nitrogen functional groups attached to an aromatic ring is 1. The minimum Gasteiger partial charge on any atom is -0.397 e. The fourth-order valence-electron chi connectivity index (χ4n) is 1.55. The standard InChI is InChI=1S/C10H9FN4O4S2/c11-8-1-7(15(16)17)2-9(12)10(8)21(18,19)14-3-6-4-20-5-13-6/h1-2,4-5,14H,3,12H2. The van der Waals surface area contributed by atoms with Crippen molar-refractivity contribution >= 4 is 32.7 Å². The fourth-order valence-corrected chi connectivity index (χ4v) is 3.28. The van der Waals surface area contributed by atoms with E-state index in [2.05, 4.69) is 9.71 Å². The molecule has 8 nitrogen and oxygen atoms in total. The van der Waals surface area contributed by atoms with Gasteiger partial charge in [0, 0.05) is 11.4 Å². The second kappa shape index (κ2) is 5.71. The summed E-state index contributed by atoms with van der Waals surface area (Å²) in [5, 5.41) is 12.2. The second-order valence-electron chi connectivity index (χ2n) is 3.91. The highest BCUT2D eigenvalue weighted by Crippen LogP contribution is 2.27. The summed E-state index contributed by atoms with van der Waals surface area (Å²) < 4.78 is 40.0. The molecule has 3 N–H and O–H groups in total. The highest BCUT2D eigenvalue weighted by Gasteiger charge is 2.25. The van der Waals surface area contributed by atoms with Crippen molar-refractivity contribution in [3.8, 4) is 0 Å². The van der Waals surface area contributed by atoms with Gasteiger partial charge in [0.1, 0.15) is 4.90 Å². The number of benzene rings is 1. The summed E-state index contributed by atoms with van der Waals surface area (Å²) in [6.07, 6.45) is 0. The number of hydrogen-bond donors (Lipinski definition) is 2. The SMILES string of the molecule is Nc1cc([N+](=O)[O-])cc(F)c1S(=O)(=O)NCc1cscn1. The third kappa shape index (κ3) is 3.32. The summed E-state index contributed by atoms with van der Waals surface area (Å²) in [7, 11) is -4.25. The van der Waals surface area contributed by atoms with Crippen molar-refractivity contribution in [2.45, 2.75) is 11.4 Å². The van der Waals surface area contributed by atoms with Gasteiger partial charge in [0.2, 0.25) is 10.0 Å². The Kier molecular flexibility index (Phi) is 4.16. The second-order valence-corrected chi connectivity index (χ2v) is 6.33. The van der Waals surface area contributed by atoms with Crippen LogP contribution in [0.3, 0.4) is 0 Å². The highest BCUT2D eigenvalue weighted by molar-refractivity contribution is 7.89. The van der Waals surface area contributed by atoms with Gasteiger partial charge >= 0.3 is 0 Å². The molecule has 112 valence electrons. The third-order valence-electron chi connectivity index (χ3n) is 2.46. The van der Waals surface area contributed by atoms with Crippen molar-refractivity contribution in [1.82, 2.24) is 9.71 Å². The lowest BCUT2D eigenvalue weighted by atomic mass is 10.3. The van der Waals surface area contributed by atoms with Crippen LogP contribution in [0.2, 0.25) is 0 Å². The molecule has 0 saturated heterocycles. The molecule has 1 heterocycles. The number of rotatable bonds is 5. The zero-order valence-corrected chi connectivity index (χ0v) is 11.9. The van der Waals surface area contributed by atoms with Crippen LogP contribution in [0, 0.1) is 15.9 Å². The van der Waals surface area contributed by atoms with E-state index in [1.54, 1.807) is 5.38 Å². The maximum atomic E-state index is 13.8. The zero-order valence-electron chi connectivity index (χ0n) is 10.3. The lowest BCUT2D eigenvalue weighted by Crippen LogP contribution is -2.25. The lowest BCUT2D eigenvalue weighted by Gasteiger charge is -2.09. The molecule has 0 bridgehead atoms. The molecule has 0 aliphatic heterocycles. The molecule has 0 aliphatic carbocycles. The largest absolute Gasteiger partial charge is 0.397 e. The molecular weight excluding hydrogens is 323 g/mol. The number of halogens is 1. The Bertz CT molecular complexity index is 753. The van der Waals surface area contributed by atoms with Crippen molar-refractivity contribution in [1.29, 1.82) is 0 Å². The highest BCUT2D eigenvalue weighted by atomic mass is 32.2. The number of sulfonamides is 1. The number of aromatic nitrogens is 1. The number of anilines is 1. The minimum absolute atomic E-state index is 0.137. The molecule has 0 spiro atoms. The monoisotopic (exact) mass is 332 g/mol. The molecule has 21 heavy (non-hydrogen) atoms. The molecule has 0 amide bonds. The Morgan fingerprint density at radius 2 is 2.19 bits per heavy atom. The van der Waals surface area contributed by atoms with Gasteiger partial charge in [0.25, 0.3) is 5.69 Å². The Morgan fingerprint density at radius 3 is 2.71 bits per heavy atom. The molecular formula is C10H9FN4O4S2. The third-order valence-corrected chi connectivity index (χ3v) is 4.59. The number of non-ortho nitro benzene ring substituents is 1. The molecule has 0 aliphatic rings. The van der Waals surface area contributed by atoms with Crippen molar-refractivity contribution in [2.75, 3.05) is 5.73 Å². The van der Waals surface area contributed by atoms with Crippen LogP contribution in [-0.4, -0.2) is 18.3 Å². The molecule has 0 saturated carbocycles. The van der Waals surface area contributed by atoms with Gasteiger partial charge < -0.3 is 5.73 Å². The molecule has 2 rings (SSSR count). The average Bonchev–Trinajstić information content (AvgIpc) is 2.88. The first kappa shape index (κ1) is 15.3. The van der Waals surface area contributed by atoms with Gasteiger partial charge in [-0.2, -0.15) is 0 Å². The Hall–Kier alpha value is -2.11. The van der Waals surface area contributed by atoms with Crippen LogP contribution in [0.4, 0.5) is 15.8 Å². The molecule has 1 aromatic heterocycles. The van der Waals surface area contributed by atoms with Crippen LogP contribution in [0.15, 0.2) is 27.9 Å². The Morgan fingerprint density at radius 1 is 1.48 bits per heavy atom. The molecule has 2 aromatic rings. The maximum absolute atomic E-state index is 13.8. The van der Waals surface area contributed by atoms with Crippen LogP contribution in [0.1, 0.15) is 5.69 Å². The van der Waals surface area contributed by atoms with E-state index < -0.39 is 37.0 Å². The Balaban J connectivity index is 2.33. The van der Waals surface area contributed by atoms with Crippen LogP contribution < -0.4 is 10.5 Å². The first-order valence-electron chi connectivity index (χ1n) is 5.41. The predicted octanol–water partition coefficient (Wildman–Crippen LogP) is 1.25. The number of nitrogens with one attached hydrogen (secondary N) is 1. The number of nitro benzene ring substituents is 1. The van der Waals surface area contributed by atoms with Crippen molar-refractivity contribution < 1.29 is 17.7 Å². The van der Waals surface area contributed by atoms with Gasteiger partial charge in [-0.1, -0.05) is 0 Å². The fraction of sp³-hybridized carbons (Fsp3) is 0.100. The topological polar surface area (TPSA) is 128 Å². The van der Waals surface area contributed by atoms with Gasteiger partial charge in [-0.3, -0.25) is 10.1 Å². The van der Waals surface area contributed by atoms with Crippen molar-refractivity contribution in [3.63, 3.8) is 0 Å². The summed E-state index contributed by atoms with van der Waals surface area (Å²) in [5.74, 6) is -1.28. The first-order valence-corrected chi connectivity index (χ1v) is 7.84. The molecule has 0 fully saturated rings. The normalized spacial score (nSPS) is 11.5. The first-order chi connectivity index (χ1) is 9.81. The van der Waals surface area contributed by atoms with Gasteiger partial charge in [-0.15, -0.1) is 11.3 Å². The minimum atomic E-state index is -4.25. The van der Waals surface area contributed by atoms with Crippen molar-refractivity contribution in [2.24, 2.45) is 0 Å². The number of thiazole rings is 1. The van der Waals surface area contributed by atoms with E-state index in [4.69, 9.17) is 5.73 Å². The average molecular weight is 332 g/mol. The van der Waals surface area contributed by atoms with Gasteiger partial charge in [0.05, 0.1) is 34.4 Å². The van der Waals surface area contributed by atoms with Crippen LogP contribution in [0.5, 0.6) is 0 Å². The molecule has 0 unspecified atom stereocenters. The number of nitrogens with zero attached hydrogens (tertiary/aromatic N) is 2. The van der Waals surface area contributed by atoms with Crippen molar-refractivity contribution in [3.05, 3.63) is 44.6 Å². The van der Waals surface area contributed by atoms with E-state index in [-0.39, 0.29) is 6.54 Å². The predicted molar refractivity (Wildman–Crippen MR) is 73.6 cm³/mol. The van der Waals surface area contributed by atoms with E-state index in [1.807, 2.05) is 0 Å². The molecule has 1 aromatic carbocycles.